The topological polar surface area (TPSA) is 0 Å². The largest absolute Gasteiger partial charge is 1.00 e. The van der Waals surface area contributed by atoms with Crippen LogP contribution >= 0.6 is 0 Å². The van der Waals surface area contributed by atoms with Crippen LogP contribution in [0.25, 0.3) is 0 Å². The van der Waals surface area contributed by atoms with Crippen molar-refractivity contribution in [2.45, 2.75) is 0 Å². The van der Waals surface area contributed by atoms with Crippen molar-refractivity contribution in [2.75, 3.05) is 0 Å². The van der Waals surface area contributed by atoms with Crippen molar-refractivity contribution in [2.24, 2.45) is 0 Å². The molecule has 0 aliphatic rings. The maximum atomic E-state index is 0. The SMILES string of the molecule is [BH4-].[BH4-].[BH4-].[BH4-].[BH4-].[BH4-].[Na+].[Na+].[Na+].[Na+].[Na+].[Na+]. The van der Waals surface area contributed by atoms with Gasteiger partial charge >= 0.3 is 177 Å². The van der Waals surface area contributed by atoms with Crippen LogP contribution in [0.3, 0.4) is 0 Å². The van der Waals surface area contributed by atoms with E-state index in [0.29, 0.717) is 0 Å². The predicted octanol–water partition coefficient (Wildman–Crippen LogP) is -26.7. The Kier molecular flexibility index (Phi) is 1300. The Morgan fingerprint density at radius 1 is 0.167 bits per heavy atom. The van der Waals surface area contributed by atoms with Crippen LogP contribution in [0.4, 0.5) is 0 Å². The summed E-state index contributed by atoms with van der Waals surface area (Å²) < 4.78 is 0. The van der Waals surface area contributed by atoms with Crippen LogP contribution in [-0.2, 0) is 0 Å². The van der Waals surface area contributed by atoms with Crippen LogP contribution in [0.5, 0.6) is 0 Å². The van der Waals surface area contributed by atoms with Crippen molar-refractivity contribution in [3.05, 3.63) is 0 Å². The maximum absolute atomic E-state index is 0. The van der Waals surface area contributed by atoms with Gasteiger partial charge in [0.1, 0.15) is 0 Å². The first-order valence-electron chi connectivity index (χ1n) is 0. The fourth-order valence-corrected chi connectivity index (χ4v) is 0. The molecule has 0 atom stereocenters. The predicted molar refractivity (Wildman–Crippen MR) is 68.0 cm³/mol. The second-order valence-corrected chi connectivity index (χ2v) is 0. The summed E-state index contributed by atoms with van der Waals surface area (Å²) in [7, 11) is 0. The molecular weight excluding hydrogens is 203 g/mol. The molecule has 0 unspecified atom stereocenters. The van der Waals surface area contributed by atoms with E-state index in [-0.39, 0.29) is 228 Å². The third-order valence-electron chi connectivity index (χ3n) is 0. The Balaban J connectivity index is 0. The Bertz CT molecular complexity index is 12.0. The van der Waals surface area contributed by atoms with Crippen LogP contribution in [0.1, 0.15) is 0 Å². The van der Waals surface area contributed by atoms with Gasteiger partial charge < -0.3 is 0 Å². The van der Waals surface area contributed by atoms with E-state index in [9.17, 15) is 0 Å². The number of rotatable bonds is 0. The molecule has 0 N–H and O–H groups in total. The Labute approximate surface area is 222 Å². The molecule has 0 aromatic carbocycles. The van der Waals surface area contributed by atoms with Crippen LogP contribution in [-0.4, -0.2) is 50.5 Å². The van der Waals surface area contributed by atoms with Crippen molar-refractivity contribution in [1.29, 1.82) is 0 Å². The van der Waals surface area contributed by atoms with E-state index in [2.05, 4.69) is 0 Å². The molecule has 0 saturated carbocycles. The standard InChI is InChI=1S/6BH4.6Na/h6*1H4;;;;;;/q6*-1;6*+1. The monoisotopic (exact) mass is 228 g/mol. The van der Waals surface area contributed by atoms with Gasteiger partial charge in [0.15, 0.2) is 0 Å². The molecule has 0 rings (SSSR count). The maximum Gasteiger partial charge on any atom is 1.00 e. The third-order valence-corrected chi connectivity index (χ3v) is 0. The molecular formula is H24B6Na6. The van der Waals surface area contributed by atoms with Crippen LogP contribution in [0, 0.1) is 0 Å². The smallest absolute Gasteiger partial charge is 0.0626 e. The molecule has 0 aliphatic heterocycles. The Morgan fingerprint density at radius 3 is 0.167 bits per heavy atom. The third kappa shape index (κ3) is 95.1. The van der Waals surface area contributed by atoms with Crippen molar-refractivity contribution < 1.29 is 177 Å². The summed E-state index contributed by atoms with van der Waals surface area (Å²) in [6, 6.07) is 0. The summed E-state index contributed by atoms with van der Waals surface area (Å²) in [5.41, 5.74) is 0. The summed E-state index contributed by atoms with van der Waals surface area (Å²) in [5, 5.41) is 0. The van der Waals surface area contributed by atoms with Gasteiger partial charge in [-0.1, -0.05) is 50.5 Å². The van der Waals surface area contributed by atoms with Crippen LogP contribution in [0.15, 0.2) is 0 Å². The molecule has 0 amide bonds. The molecule has 12 heavy (non-hydrogen) atoms. The van der Waals surface area contributed by atoms with Crippen molar-refractivity contribution in [1.82, 2.24) is 0 Å². The average molecular weight is 227 g/mol. The van der Waals surface area contributed by atoms with E-state index < -0.39 is 0 Å². The molecule has 0 bridgehead atoms. The zero-order valence-corrected chi connectivity index (χ0v) is 18.0. The second kappa shape index (κ2) is 114. The first-order chi connectivity index (χ1) is 0. The van der Waals surface area contributed by atoms with Crippen molar-refractivity contribution in [3.63, 3.8) is 0 Å². The zero-order chi connectivity index (χ0) is 0. The van der Waals surface area contributed by atoms with Gasteiger partial charge in [-0.3, -0.25) is 0 Å². The van der Waals surface area contributed by atoms with E-state index in [4.69, 9.17) is 0 Å². The van der Waals surface area contributed by atoms with Gasteiger partial charge in [0, 0.05) is 0 Å². The van der Waals surface area contributed by atoms with Gasteiger partial charge in [0.25, 0.3) is 0 Å². The van der Waals surface area contributed by atoms with E-state index in [0.717, 1.165) is 0 Å². The number of hydrogen-bond acceptors (Lipinski definition) is 0. The number of hydrogen-bond donors (Lipinski definition) is 0. The minimum Gasteiger partial charge on any atom is -0.0626 e. The molecule has 0 spiro atoms. The van der Waals surface area contributed by atoms with Gasteiger partial charge in [0.05, 0.1) is 0 Å². The second-order valence-electron chi connectivity index (χ2n) is 0. The minimum atomic E-state index is 0. The first kappa shape index (κ1) is 136. The van der Waals surface area contributed by atoms with Crippen molar-refractivity contribution >= 4 is 50.5 Å². The molecule has 0 heterocycles. The van der Waals surface area contributed by atoms with Crippen LogP contribution in [0.2, 0.25) is 0 Å². The van der Waals surface area contributed by atoms with E-state index >= 15 is 0 Å². The summed E-state index contributed by atoms with van der Waals surface area (Å²) in [4.78, 5) is 0. The quantitative estimate of drug-likeness (QED) is 0.360. The van der Waals surface area contributed by atoms with Crippen LogP contribution < -0.4 is 177 Å². The minimum absolute atomic E-state index is 0. The summed E-state index contributed by atoms with van der Waals surface area (Å²) >= 11 is 0. The molecule has 0 fully saturated rings. The fraction of sp³-hybridized carbons (Fsp3) is 0. The molecule has 12 heteroatoms. The molecule has 0 nitrogen and oxygen atoms in total. The van der Waals surface area contributed by atoms with E-state index in [1.165, 1.54) is 0 Å². The molecule has 48 valence electrons. The Morgan fingerprint density at radius 2 is 0.167 bits per heavy atom. The normalized spacial score (nSPS) is 0. The molecule has 0 saturated heterocycles. The van der Waals surface area contributed by atoms with Gasteiger partial charge in [-0.05, 0) is 0 Å². The summed E-state index contributed by atoms with van der Waals surface area (Å²) in [6.45, 7) is 0. The van der Waals surface area contributed by atoms with Gasteiger partial charge in [-0.2, -0.15) is 0 Å². The van der Waals surface area contributed by atoms with Crippen molar-refractivity contribution in [3.8, 4) is 0 Å². The van der Waals surface area contributed by atoms with Gasteiger partial charge in [0.2, 0.25) is 0 Å². The zero-order valence-electron chi connectivity index (χ0n) is 6.00. The fourth-order valence-electron chi connectivity index (χ4n) is 0. The summed E-state index contributed by atoms with van der Waals surface area (Å²) in [6.07, 6.45) is 0. The molecule has 0 radical (unpaired) electrons. The first-order valence-corrected chi connectivity index (χ1v) is 0. The summed E-state index contributed by atoms with van der Waals surface area (Å²) in [5.74, 6) is 0. The molecule has 0 aromatic rings. The van der Waals surface area contributed by atoms with E-state index in [1.807, 2.05) is 0 Å². The van der Waals surface area contributed by atoms with E-state index in [1.54, 1.807) is 0 Å². The van der Waals surface area contributed by atoms with Gasteiger partial charge in [-0.15, -0.1) is 0 Å². The molecule has 0 aromatic heterocycles. The molecule has 0 aliphatic carbocycles. The Hall–Kier alpha value is 6.39. The average Bonchev–Trinajstić information content (AvgIpc) is 0. The van der Waals surface area contributed by atoms with Gasteiger partial charge in [-0.25, -0.2) is 0 Å².